The van der Waals surface area contributed by atoms with Gasteiger partial charge in [-0.3, -0.25) is 58.6 Å². The Morgan fingerprint density at radius 3 is 2.27 bits per heavy atom. The van der Waals surface area contributed by atoms with Crippen LogP contribution in [0.5, 0.6) is 0 Å². The van der Waals surface area contributed by atoms with Crippen LogP contribution in [0, 0.1) is 49.2 Å². The van der Waals surface area contributed by atoms with Gasteiger partial charge in [0.05, 0.1) is 38.1 Å². The third-order valence-electron chi connectivity index (χ3n) is 12.7. The van der Waals surface area contributed by atoms with Gasteiger partial charge >= 0.3 is 32.4 Å². The van der Waals surface area contributed by atoms with E-state index in [-0.39, 0.29) is 117 Å². The van der Waals surface area contributed by atoms with Crippen LogP contribution in [0.4, 0.5) is 24.2 Å². The van der Waals surface area contributed by atoms with Crippen LogP contribution < -0.4 is 43.6 Å². The molecule has 31 nitrogen and oxygen atoms in total. The first kappa shape index (κ1) is 64.5. The molecule has 37 heteroatoms. The van der Waals surface area contributed by atoms with Crippen molar-refractivity contribution in [2.45, 2.75) is 120 Å². The van der Waals surface area contributed by atoms with E-state index in [9.17, 15) is 52.7 Å². The molecule has 449 valence electrons. The predicted molar refractivity (Wildman–Crippen MR) is 270 cm³/mol. The second-order valence-corrected chi connectivity index (χ2v) is 22.9. The van der Waals surface area contributed by atoms with Gasteiger partial charge in [0.1, 0.15) is 36.8 Å². The number of halogens is 2. The number of rotatable bonds is 22. The number of likely N-dealkylation sites (tertiary alicyclic amines) is 1. The molecular formula is C43H60F2N13O18P2STm-. The number of nitrogens with zero attached hydrogens (tertiary/aromatic N) is 6. The van der Waals surface area contributed by atoms with Crippen LogP contribution in [0.25, 0.3) is 11.2 Å². The Bertz CT molecular complexity index is 2920. The van der Waals surface area contributed by atoms with Crippen molar-refractivity contribution in [2.75, 3.05) is 51.3 Å². The quantitative estimate of drug-likeness (QED) is 0.0270. The van der Waals surface area contributed by atoms with Crippen molar-refractivity contribution in [2.24, 2.45) is 11.7 Å². The molecule has 10 N–H and O–H groups in total. The largest absolute Gasteiger partial charge is 0.472 e. The molecule has 4 saturated heterocycles. The number of nitrogens with one attached hydrogen (secondary N) is 6. The molecule has 0 aliphatic carbocycles. The number of nitrogens with two attached hydrogens (primary N) is 1. The second-order valence-electron chi connectivity index (χ2n) is 18.7. The van der Waals surface area contributed by atoms with Crippen LogP contribution in [0.15, 0.2) is 34.5 Å². The van der Waals surface area contributed by atoms with Gasteiger partial charge in [0, 0.05) is 68.8 Å². The maximum atomic E-state index is 16.5. The van der Waals surface area contributed by atoms with Crippen molar-refractivity contribution in [1.29, 1.82) is 0 Å². The molecule has 1 radical (unpaired) electrons. The molecule has 0 saturated carbocycles. The molecule has 4 fully saturated rings. The summed E-state index contributed by atoms with van der Waals surface area (Å²) in [5, 5.41) is 13.6. The smallest absolute Gasteiger partial charge is 0.449 e. The number of anilines is 1. The summed E-state index contributed by atoms with van der Waals surface area (Å²) in [7, 11) is -5.29. The maximum absolute atomic E-state index is 16.5. The maximum Gasteiger partial charge on any atom is 0.472 e. The topological polar surface area (TPSA) is 412 Å². The Morgan fingerprint density at radius 1 is 0.912 bits per heavy atom. The number of phosphoric acid groups is 1. The van der Waals surface area contributed by atoms with Gasteiger partial charge in [-0.25, -0.2) is 42.7 Å². The number of aromatic nitrogens is 6. The molecule has 4 aliphatic heterocycles. The van der Waals surface area contributed by atoms with Gasteiger partial charge in [-0.1, -0.05) is 26.7 Å². The average molecular weight is 1350 g/mol. The molecular weight excluding hydrogens is 1290 g/mol. The molecule has 80 heavy (non-hydrogen) atoms. The minimum Gasteiger partial charge on any atom is -0.449 e. The van der Waals surface area contributed by atoms with Crippen LogP contribution in [0.3, 0.4) is 0 Å². The number of unbranched alkanes of at least 4 members (excludes halogenated alkanes) is 2. The van der Waals surface area contributed by atoms with Crippen molar-refractivity contribution < 1.29 is 121 Å². The summed E-state index contributed by atoms with van der Waals surface area (Å²) in [4.78, 5) is 136. The Morgan fingerprint density at radius 2 is 1.60 bits per heavy atom. The SMILES string of the molecule is CC(C)C(NCCCCCN1C(=O)[CH-]CC1=O)C(=O)NC(CCCNC(N)=O)C(=O)NCCCOC(=O)Nc1ncnc2c1ncn2[C@@H]1O[C@@H]2COP(O)(=S)O[C@H]3[C@@H](F)[C@H](n4ccc(=O)[nH]c4=O)O[C@@H]3COP(=O)(O)O[C@H]2[C@H]1F.[Tm]. The van der Waals surface area contributed by atoms with Crippen LogP contribution in [0.2, 0.25) is 0 Å². The molecule has 3 aromatic rings. The Labute approximate surface area is 487 Å². The number of phosphoric ester groups is 1. The summed E-state index contributed by atoms with van der Waals surface area (Å²) in [6.07, 6.45) is -9.46. The van der Waals surface area contributed by atoms with Gasteiger partial charge < -0.3 is 65.2 Å². The van der Waals surface area contributed by atoms with Gasteiger partial charge in [-0.2, -0.15) is 0 Å². The Hall–Kier alpha value is -4.67. The van der Waals surface area contributed by atoms with Crippen molar-refractivity contribution in [3.63, 3.8) is 0 Å². The zero-order chi connectivity index (χ0) is 57.2. The number of hydrogen-bond donors (Lipinski definition) is 9. The molecule has 0 aromatic carbocycles. The van der Waals surface area contributed by atoms with Crippen molar-refractivity contribution >= 4 is 79.1 Å². The van der Waals surface area contributed by atoms with Crippen LogP contribution >= 0.6 is 14.5 Å². The normalized spacial score (nSPS) is 27.6. The van der Waals surface area contributed by atoms with E-state index in [1.807, 2.05) is 18.8 Å². The van der Waals surface area contributed by atoms with Gasteiger partial charge in [-0.05, 0) is 56.4 Å². The number of alkyl halides is 2. The third kappa shape index (κ3) is 17.0. The number of hydrogen-bond acceptors (Lipinski definition) is 21. The standard InChI is InChI=1S/C43H60F2N13O18P2S.Tm/c1-22(2)31(47-12-4-3-5-15-56-27(60)9-10-28(56)61)38(63)53-23(8-6-13-49-41(46)64)37(62)48-14-7-17-70-43(66)55-35-32-36(51-20-50-35)58(21-52-32)40-29(44)33-25(74-40)19-72-78(69,79)76-34-24(18-71-77(67,68)75-33)73-39(30(34)45)57-16-11-26(59)54-42(57)65;/h9,11,16,20-25,29-31,33-34,39-40,47H,3-8,10,12-15,17-19H2,1-2H3,(H,48,62)(H,53,63)(H,67,68)(H,69,79)(H3,46,49,64)(H,54,59,65)(H,50,51,55,66);/q-1;/t23?,24-,25-,29-,30-,31?,33-,34-,39-,40-,78?;/m1./s1. The molecule has 7 rings (SSSR count). The van der Waals surface area contributed by atoms with Gasteiger partial charge in [0.25, 0.3) is 5.56 Å². The first-order chi connectivity index (χ1) is 37.5. The number of carbonyl (C=O) groups excluding carboxylic acids is 6. The Kier molecular flexibility index (Phi) is 23.4. The number of H-pyrrole nitrogens is 1. The number of amides is 7. The Balaban J connectivity index is 0.0000103. The summed E-state index contributed by atoms with van der Waals surface area (Å²) in [6, 6.07) is -1.56. The van der Waals surface area contributed by atoms with Gasteiger partial charge in [0.15, 0.2) is 47.7 Å². The van der Waals surface area contributed by atoms with E-state index in [1.165, 1.54) is 11.3 Å². The zero-order valence-electron chi connectivity index (χ0n) is 42.7. The molecule has 4 aliphatic rings. The molecule has 4 unspecified atom stereocenters. The van der Waals surface area contributed by atoms with E-state index in [4.69, 9.17) is 49.8 Å². The van der Waals surface area contributed by atoms with E-state index >= 15 is 8.78 Å². The fourth-order valence-corrected chi connectivity index (χ4v) is 11.2. The number of primary amides is 1. The summed E-state index contributed by atoms with van der Waals surface area (Å²) < 4.78 is 85.2. The molecule has 12 atom stereocenters. The average Bonchev–Trinajstić information content (AvgIpc) is 4.22. The number of aromatic amines is 1. The summed E-state index contributed by atoms with van der Waals surface area (Å²) in [6.45, 7) is -2.01. The van der Waals surface area contributed by atoms with Crippen LogP contribution in [0.1, 0.15) is 71.2 Å². The molecule has 0 bridgehead atoms. The minimum absolute atomic E-state index is 0. The molecule has 3 aromatic heterocycles. The first-order valence-corrected chi connectivity index (χ1v) is 29.0. The first-order valence-electron chi connectivity index (χ1n) is 24.9. The van der Waals surface area contributed by atoms with Crippen molar-refractivity contribution in [3.8, 4) is 0 Å². The van der Waals surface area contributed by atoms with E-state index in [0.717, 1.165) is 29.5 Å². The van der Waals surface area contributed by atoms with Crippen LogP contribution in [-0.2, 0) is 67.9 Å². The fraction of sp³-hybridized carbons (Fsp3) is 0.628. The summed E-state index contributed by atoms with van der Waals surface area (Å²) in [5.74, 6) is -1.89. The third-order valence-corrected chi connectivity index (χ3v) is 15.2. The number of carbonyl (C=O) groups is 6. The number of imide groups is 1. The summed E-state index contributed by atoms with van der Waals surface area (Å²) in [5.41, 5.74) is 3.07. The van der Waals surface area contributed by atoms with E-state index in [0.29, 0.717) is 36.9 Å². The monoisotopic (exact) mass is 1350 g/mol. The summed E-state index contributed by atoms with van der Waals surface area (Å²) >= 11 is 5.11. The fourth-order valence-electron chi connectivity index (χ4n) is 8.78. The minimum atomic E-state index is -5.29. The number of ether oxygens (including phenoxy) is 3. The number of fused-ring (bicyclic) bond motifs is 3. The van der Waals surface area contributed by atoms with Crippen molar-refractivity contribution in [3.05, 3.63) is 52.2 Å². The van der Waals surface area contributed by atoms with E-state index < -0.39 is 124 Å². The van der Waals surface area contributed by atoms with Crippen molar-refractivity contribution in [1.82, 2.24) is 55.2 Å². The molecule has 7 heterocycles. The molecule has 7 amide bonds. The zero-order valence-corrected chi connectivity index (χ0v) is 47.0. The van der Waals surface area contributed by atoms with E-state index in [1.54, 1.807) is 0 Å². The number of imidazole rings is 1. The molecule has 0 spiro atoms. The second kappa shape index (κ2) is 29.0. The van der Waals surface area contributed by atoms with Gasteiger partial charge in [0.2, 0.25) is 11.8 Å². The van der Waals surface area contributed by atoms with E-state index in [2.05, 4.69) is 41.5 Å². The van der Waals surface area contributed by atoms with Gasteiger partial charge in [-0.15, -0.1) is 0 Å². The van der Waals surface area contributed by atoms with Crippen LogP contribution in [-0.4, -0.2) is 174 Å². The number of urea groups is 1. The predicted octanol–water partition coefficient (Wildman–Crippen LogP) is -0.282.